The summed E-state index contributed by atoms with van der Waals surface area (Å²) in [4.78, 5) is 14.0. The van der Waals surface area contributed by atoms with Gasteiger partial charge in [0.15, 0.2) is 0 Å². The van der Waals surface area contributed by atoms with Gasteiger partial charge in [-0.3, -0.25) is 4.90 Å². The van der Waals surface area contributed by atoms with Crippen molar-refractivity contribution in [3.63, 3.8) is 0 Å². The highest BCUT2D eigenvalue weighted by molar-refractivity contribution is 9.10. The molecule has 1 aliphatic rings. The molecular formula is C17H23BrFNO. The maximum absolute atomic E-state index is 13.7. The van der Waals surface area contributed by atoms with Gasteiger partial charge in [0.05, 0.1) is 6.04 Å². The predicted octanol–water partition coefficient (Wildman–Crippen LogP) is 4.66. The Hall–Kier alpha value is -0.740. The van der Waals surface area contributed by atoms with Crippen molar-refractivity contribution in [3.8, 4) is 0 Å². The number of rotatable bonds is 6. The summed E-state index contributed by atoms with van der Waals surface area (Å²) in [5.74, 6) is -0.281. The zero-order chi connectivity index (χ0) is 15.4. The number of hydrogen-bond acceptors (Lipinski definition) is 2. The van der Waals surface area contributed by atoms with Crippen LogP contribution in [0.2, 0.25) is 0 Å². The summed E-state index contributed by atoms with van der Waals surface area (Å²) in [6, 6.07) is 3.11. The van der Waals surface area contributed by atoms with E-state index in [9.17, 15) is 9.18 Å². The number of fused-ring (bicyclic) bond motifs is 1. The summed E-state index contributed by atoms with van der Waals surface area (Å²) < 4.78 is 14.5. The van der Waals surface area contributed by atoms with E-state index in [0.29, 0.717) is 6.04 Å². The molecule has 1 aromatic carbocycles. The number of aldehydes is 1. The Morgan fingerprint density at radius 3 is 2.62 bits per heavy atom. The van der Waals surface area contributed by atoms with E-state index in [-0.39, 0.29) is 11.9 Å². The van der Waals surface area contributed by atoms with Gasteiger partial charge in [-0.2, -0.15) is 0 Å². The van der Waals surface area contributed by atoms with Crippen molar-refractivity contribution >= 4 is 22.2 Å². The smallest absolute Gasteiger partial charge is 0.141 e. The summed E-state index contributed by atoms with van der Waals surface area (Å²) in [6.07, 6.45) is 6.22. The highest BCUT2D eigenvalue weighted by atomic mass is 79.9. The third-order valence-corrected chi connectivity index (χ3v) is 5.04. The van der Waals surface area contributed by atoms with Crippen LogP contribution in [0.25, 0.3) is 0 Å². The van der Waals surface area contributed by atoms with E-state index in [0.717, 1.165) is 60.5 Å². The van der Waals surface area contributed by atoms with Crippen molar-refractivity contribution in [1.82, 2.24) is 4.90 Å². The molecule has 0 N–H and O–H groups in total. The minimum Gasteiger partial charge on any atom is -0.301 e. The third kappa shape index (κ3) is 3.54. The number of carbonyl (C=O) groups is 1. The molecule has 4 heteroatoms. The van der Waals surface area contributed by atoms with Gasteiger partial charge in [-0.1, -0.05) is 42.6 Å². The normalized spacial score (nSPS) is 18.8. The number of halogens is 2. The summed E-state index contributed by atoms with van der Waals surface area (Å²) in [6.45, 7) is 5.21. The minimum atomic E-state index is -0.316. The molecular weight excluding hydrogens is 333 g/mol. The van der Waals surface area contributed by atoms with Gasteiger partial charge in [0.1, 0.15) is 12.1 Å². The fraction of sp³-hybridized carbons (Fsp3) is 0.588. The molecule has 0 fully saturated rings. The molecule has 116 valence electrons. The van der Waals surface area contributed by atoms with Crippen molar-refractivity contribution in [3.05, 3.63) is 33.5 Å². The Bertz CT molecular complexity index is 500. The second-order valence-corrected chi connectivity index (χ2v) is 6.61. The van der Waals surface area contributed by atoms with Crippen LogP contribution in [0.1, 0.15) is 56.7 Å². The quantitative estimate of drug-likeness (QED) is 0.692. The van der Waals surface area contributed by atoms with Gasteiger partial charge >= 0.3 is 0 Å². The van der Waals surface area contributed by atoms with E-state index >= 15 is 0 Å². The maximum Gasteiger partial charge on any atom is 0.141 e. The van der Waals surface area contributed by atoms with Gasteiger partial charge < -0.3 is 4.79 Å². The Balaban J connectivity index is 2.36. The lowest BCUT2D eigenvalue weighted by Crippen LogP contribution is -2.43. The Morgan fingerprint density at radius 1 is 1.38 bits per heavy atom. The van der Waals surface area contributed by atoms with Crippen LogP contribution in [0, 0.1) is 5.82 Å². The van der Waals surface area contributed by atoms with Crippen molar-refractivity contribution in [2.45, 2.75) is 58.0 Å². The molecule has 0 saturated carbocycles. The van der Waals surface area contributed by atoms with Crippen LogP contribution < -0.4 is 0 Å². The fourth-order valence-electron chi connectivity index (χ4n) is 3.41. The number of carbonyl (C=O) groups excluding carboxylic acids is 1. The summed E-state index contributed by atoms with van der Waals surface area (Å²) >= 11 is 3.43. The number of benzene rings is 1. The first-order valence-electron chi connectivity index (χ1n) is 7.81. The van der Waals surface area contributed by atoms with Crippen LogP contribution in [-0.2, 0) is 11.2 Å². The van der Waals surface area contributed by atoms with Crippen molar-refractivity contribution < 1.29 is 9.18 Å². The van der Waals surface area contributed by atoms with Crippen LogP contribution in [0.15, 0.2) is 16.6 Å². The van der Waals surface area contributed by atoms with E-state index in [1.54, 1.807) is 0 Å². The van der Waals surface area contributed by atoms with Gasteiger partial charge in [-0.15, -0.1) is 0 Å². The SMILES string of the molecule is CCCC(CCC)N1CCc2c(Br)cc(F)cc2C1C=O. The highest BCUT2D eigenvalue weighted by Gasteiger charge is 2.32. The van der Waals surface area contributed by atoms with E-state index in [4.69, 9.17) is 0 Å². The maximum atomic E-state index is 13.7. The first-order chi connectivity index (χ1) is 10.1. The lowest BCUT2D eigenvalue weighted by Gasteiger charge is -2.40. The standard InChI is InChI=1S/C17H23BrFNO/c1-3-5-13(6-4-2)20-8-7-14-15(17(20)11-21)9-12(19)10-16(14)18/h9-11,13,17H,3-8H2,1-2H3. The van der Waals surface area contributed by atoms with E-state index in [1.807, 2.05) is 0 Å². The molecule has 0 bridgehead atoms. The van der Waals surface area contributed by atoms with Crippen LogP contribution in [0.4, 0.5) is 4.39 Å². The van der Waals surface area contributed by atoms with Crippen molar-refractivity contribution in [1.29, 1.82) is 0 Å². The van der Waals surface area contributed by atoms with Crippen molar-refractivity contribution in [2.24, 2.45) is 0 Å². The van der Waals surface area contributed by atoms with E-state index < -0.39 is 0 Å². The van der Waals surface area contributed by atoms with Crippen LogP contribution >= 0.6 is 15.9 Å². The molecule has 21 heavy (non-hydrogen) atoms. The highest BCUT2D eigenvalue weighted by Crippen LogP contribution is 2.36. The van der Waals surface area contributed by atoms with Gasteiger partial charge in [0.2, 0.25) is 0 Å². The lowest BCUT2D eigenvalue weighted by atomic mass is 9.90. The first kappa shape index (κ1) is 16.6. The Kier molecular flexibility index (Phi) is 5.94. The predicted molar refractivity (Wildman–Crippen MR) is 86.9 cm³/mol. The average Bonchev–Trinajstić information content (AvgIpc) is 2.45. The molecule has 1 heterocycles. The minimum absolute atomic E-state index is 0.281. The molecule has 1 atom stereocenters. The molecule has 0 aliphatic carbocycles. The van der Waals surface area contributed by atoms with Crippen LogP contribution in [-0.4, -0.2) is 23.8 Å². The molecule has 2 nitrogen and oxygen atoms in total. The molecule has 0 aromatic heterocycles. The third-order valence-electron chi connectivity index (χ3n) is 4.33. The molecule has 0 saturated heterocycles. The molecule has 0 radical (unpaired) electrons. The Morgan fingerprint density at radius 2 is 2.05 bits per heavy atom. The van der Waals surface area contributed by atoms with Crippen molar-refractivity contribution in [2.75, 3.05) is 6.54 Å². The number of hydrogen-bond donors (Lipinski definition) is 0. The molecule has 0 spiro atoms. The van der Waals surface area contributed by atoms with Gasteiger partial charge in [0.25, 0.3) is 0 Å². The van der Waals surface area contributed by atoms with Crippen LogP contribution in [0.3, 0.4) is 0 Å². The summed E-state index contributed by atoms with van der Waals surface area (Å²) in [5, 5.41) is 0. The largest absolute Gasteiger partial charge is 0.301 e. The van der Waals surface area contributed by atoms with Gasteiger partial charge in [0, 0.05) is 17.1 Å². The monoisotopic (exact) mass is 355 g/mol. The lowest BCUT2D eigenvalue weighted by molar-refractivity contribution is -0.114. The fourth-order valence-corrected chi connectivity index (χ4v) is 4.06. The zero-order valence-electron chi connectivity index (χ0n) is 12.7. The van der Waals surface area contributed by atoms with E-state index in [1.165, 1.54) is 12.1 Å². The summed E-state index contributed by atoms with van der Waals surface area (Å²) in [5.41, 5.74) is 1.91. The molecule has 0 amide bonds. The van der Waals surface area contributed by atoms with Crippen LogP contribution in [0.5, 0.6) is 0 Å². The second-order valence-electron chi connectivity index (χ2n) is 5.76. The molecule has 2 rings (SSSR count). The van der Waals surface area contributed by atoms with Gasteiger partial charge in [-0.05, 0) is 42.5 Å². The topological polar surface area (TPSA) is 20.3 Å². The molecule has 1 unspecified atom stereocenters. The zero-order valence-corrected chi connectivity index (χ0v) is 14.3. The van der Waals surface area contributed by atoms with Gasteiger partial charge in [-0.25, -0.2) is 4.39 Å². The molecule has 1 aromatic rings. The van der Waals surface area contributed by atoms with E-state index in [2.05, 4.69) is 34.7 Å². The average molecular weight is 356 g/mol. The first-order valence-corrected chi connectivity index (χ1v) is 8.60. The second kappa shape index (κ2) is 7.50. The molecule has 1 aliphatic heterocycles. The Labute approximate surface area is 134 Å². The summed E-state index contributed by atoms with van der Waals surface area (Å²) in [7, 11) is 0. The number of nitrogens with zero attached hydrogens (tertiary/aromatic N) is 1.